The molecule has 0 fully saturated rings. The number of fused-ring (bicyclic) bond motifs is 1. The number of rotatable bonds is 5. The quantitative estimate of drug-likeness (QED) is 0.607. The van der Waals surface area contributed by atoms with Crippen LogP contribution in [0.2, 0.25) is 0 Å². The van der Waals surface area contributed by atoms with Crippen LogP contribution in [-0.4, -0.2) is 23.6 Å². The Bertz CT molecular complexity index is 554. The minimum absolute atomic E-state index is 0.365. The van der Waals surface area contributed by atoms with Gasteiger partial charge in [0.25, 0.3) is 11.7 Å². The standard InChI is InChI=1S/C16H20BrNO2/c1-10(6-8-17)7-9-18-14-12(3)11(2)4-5-13(14)15(19)16(18)20/h4-5,10H,6-9H2,1-3H3. The number of alkyl halides is 1. The van der Waals surface area contributed by atoms with Gasteiger partial charge in [-0.25, -0.2) is 0 Å². The maximum Gasteiger partial charge on any atom is 0.299 e. The van der Waals surface area contributed by atoms with Gasteiger partial charge >= 0.3 is 0 Å². The molecule has 1 aromatic rings. The van der Waals surface area contributed by atoms with Crippen molar-refractivity contribution in [2.24, 2.45) is 5.92 Å². The molecule has 0 saturated heterocycles. The highest BCUT2D eigenvalue weighted by Gasteiger charge is 2.36. The SMILES string of the molecule is Cc1ccc2c(c1C)N(CCC(C)CCBr)C(=O)C2=O. The van der Waals surface area contributed by atoms with Crippen LogP contribution in [0.4, 0.5) is 5.69 Å². The summed E-state index contributed by atoms with van der Waals surface area (Å²) >= 11 is 3.44. The van der Waals surface area contributed by atoms with E-state index in [9.17, 15) is 9.59 Å². The van der Waals surface area contributed by atoms with Gasteiger partial charge in [-0.3, -0.25) is 9.59 Å². The number of anilines is 1. The van der Waals surface area contributed by atoms with Gasteiger partial charge in [0, 0.05) is 11.9 Å². The number of halogens is 1. The zero-order valence-corrected chi connectivity index (χ0v) is 13.8. The van der Waals surface area contributed by atoms with E-state index < -0.39 is 0 Å². The van der Waals surface area contributed by atoms with Gasteiger partial charge in [0.15, 0.2) is 0 Å². The monoisotopic (exact) mass is 337 g/mol. The van der Waals surface area contributed by atoms with Crippen molar-refractivity contribution in [2.75, 3.05) is 16.8 Å². The van der Waals surface area contributed by atoms with Crippen LogP contribution in [0.25, 0.3) is 0 Å². The highest BCUT2D eigenvalue weighted by atomic mass is 79.9. The van der Waals surface area contributed by atoms with Crippen molar-refractivity contribution in [1.29, 1.82) is 0 Å². The Balaban J connectivity index is 2.26. The van der Waals surface area contributed by atoms with Crippen molar-refractivity contribution < 1.29 is 9.59 Å². The summed E-state index contributed by atoms with van der Waals surface area (Å²) in [7, 11) is 0. The molecule has 20 heavy (non-hydrogen) atoms. The van der Waals surface area contributed by atoms with Crippen LogP contribution >= 0.6 is 15.9 Å². The van der Waals surface area contributed by atoms with Crippen LogP contribution < -0.4 is 4.90 Å². The Morgan fingerprint density at radius 2 is 1.90 bits per heavy atom. The first-order valence-corrected chi connectivity index (χ1v) is 8.11. The second-order valence-corrected chi connectivity index (χ2v) is 6.35. The maximum absolute atomic E-state index is 12.2. The van der Waals surface area contributed by atoms with Gasteiger partial charge in [-0.2, -0.15) is 0 Å². The van der Waals surface area contributed by atoms with E-state index in [4.69, 9.17) is 0 Å². The number of carbonyl (C=O) groups is 2. The summed E-state index contributed by atoms with van der Waals surface area (Å²) in [4.78, 5) is 25.9. The van der Waals surface area contributed by atoms with Crippen molar-refractivity contribution >= 4 is 33.3 Å². The Morgan fingerprint density at radius 3 is 2.55 bits per heavy atom. The van der Waals surface area contributed by atoms with Crippen LogP contribution in [0.3, 0.4) is 0 Å². The fourth-order valence-corrected chi connectivity index (χ4v) is 3.35. The zero-order chi connectivity index (χ0) is 14.9. The molecule has 1 aliphatic heterocycles. The van der Waals surface area contributed by atoms with Gasteiger partial charge in [-0.05, 0) is 49.8 Å². The first-order chi connectivity index (χ1) is 9.47. The molecular formula is C16H20BrNO2. The largest absolute Gasteiger partial charge is 0.304 e. The average Bonchev–Trinajstić information content (AvgIpc) is 2.65. The first kappa shape index (κ1) is 15.2. The molecule has 0 bridgehead atoms. The van der Waals surface area contributed by atoms with Gasteiger partial charge in [0.05, 0.1) is 11.3 Å². The smallest absolute Gasteiger partial charge is 0.299 e. The normalized spacial score (nSPS) is 15.7. The van der Waals surface area contributed by atoms with Crippen molar-refractivity contribution in [3.63, 3.8) is 0 Å². The summed E-state index contributed by atoms with van der Waals surface area (Å²) in [5.41, 5.74) is 3.54. The molecule has 1 unspecified atom stereocenters. The molecule has 1 aliphatic rings. The molecule has 1 heterocycles. The molecule has 1 amide bonds. The Hall–Kier alpha value is -1.16. The van der Waals surface area contributed by atoms with Gasteiger partial charge < -0.3 is 4.90 Å². The number of aryl methyl sites for hydroxylation is 1. The molecule has 0 saturated carbocycles. The van der Waals surface area contributed by atoms with Crippen LogP contribution in [0.1, 0.15) is 41.3 Å². The predicted molar refractivity (Wildman–Crippen MR) is 84.8 cm³/mol. The molecule has 0 radical (unpaired) electrons. The first-order valence-electron chi connectivity index (χ1n) is 6.99. The molecule has 2 rings (SSSR count). The topological polar surface area (TPSA) is 37.4 Å². The molecule has 0 aromatic heterocycles. The van der Waals surface area contributed by atoms with Gasteiger partial charge in [-0.1, -0.05) is 28.9 Å². The number of benzene rings is 1. The van der Waals surface area contributed by atoms with Gasteiger partial charge in [0.2, 0.25) is 0 Å². The molecule has 1 aromatic carbocycles. The van der Waals surface area contributed by atoms with E-state index in [1.807, 2.05) is 19.9 Å². The van der Waals surface area contributed by atoms with Crippen molar-refractivity contribution in [3.8, 4) is 0 Å². The van der Waals surface area contributed by atoms with Crippen molar-refractivity contribution in [2.45, 2.75) is 33.6 Å². The number of nitrogens with zero attached hydrogens (tertiary/aromatic N) is 1. The van der Waals surface area contributed by atoms with Gasteiger partial charge in [0.1, 0.15) is 0 Å². The van der Waals surface area contributed by atoms with Gasteiger partial charge in [-0.15, -0.1) is 0 Å². The highest BCUT2D eigenvalue weighted by molar-refractivity contribution is 9.09. The summed E-state index contributed by atoms with van der Waals surface area (Å²) in [6.45, 7) is 6.78. The molecule has 4 heteroatoms. The molecule has 3 nitrogen and oxygen atoms in total. The molecule has 0 aliphatic carbocycles. The summed E-state index contributed by atoms with van der Waals surface area (Å²) in [6, 6.07) is 3.69. The minimum Gasteiger partial charge on any atom is -0.304 e. The Morgan fingerprint density at radius 1 is 1.20 bits per heavy atom. The third-order valence-corrected chi connectivity index (χ3v) is 4.56. The molecule has 1 atom stereocenters. The third-order valence-electron chi connectivity index (χ3n) is 4.10. The summed E-state index contributed by atoms with van der Waals surface area (Å²) in [6.07, 6.45) is 1.99. The average molecular weight is 338 g/mol. The predicted octanol–water partition coefficient (Wildman–Crippen LogP) is 3.64. The fourth-order valence-electron chi connectivity index (χ4n) is 2.56. The second-order valence-electron chi connectivity index (χ2n) is 5.56. The fraction of sp³-hybridized carbons (Fsp3) is 0.500. The van der Waals surface area contributed by atoms with E-state index in [2.05, 4.69) is 22.9 Å². The van der Waals surface area contributed by atoms with E-state index in [1.165, 1.54) is 0 Å². The lowest BCUT2D eigenvalue weighted by Gasteiger charge is -2.21. The summed E-state index contributed by atoms with van der Waals surface area (Å²) in [5.74, 6) is -0.206. The summed E-state index contributed by atoms with van der Waals surface area (Å²) in [5, 5.41) is 0.968. The molecule has 108 valence electrons. The number of ketones is 1. The van der Waals surface area contributed by atoms with Crippen LogP contribution in [0.15, 0.2) is 12.1 Å². The lowest BCUT2D eigenvalue weighted by molar-refractivity contribution is -0.114. The minimum atomic E-state index is -0.375. The van der Waals surface area contributed by atoms with E-state index in [0.717, 1.165) is 35.0 Å². The van der Waals surface area contributed by atoms with Crippen LogP contribution in [-0.2, 0) is 4.79 Å². The number of amides is 1. The maximum atomic E-state index is 12.2. The zero-order valence-electron chi connectivity index (χ0n) is 12.2. The van der Waals surface area contributed by atoms with Crippen LogP contribution in [0.5, 0.6) is 0 Å². The number of hydrogen-bond acceptors (Lipinski definition) is 2. The van der Waals surface area contributed by atoms with Crippen molar-refractivity contribution in [1.82, 2.24) is 0 Å². The lowest BCUT2D eigenvalue weighted by atomic mass is 10.0. The van der Waals surface area contributed by atoms with Crippen molar-refractivity contribution in [3.05, 3.63) is 28.8 Å². The molecule has 0 spiro atoms. The van der Waals surface area contributed by atoms with E-state index in [1.54, 1.807) is 11.0 Å². The van der Waals surface area contributed by atoms with E-state index >= 15 is 0 Å². The molecule has 0 N–H and O–H groups in total. The molecular weight excluding hydrogens is 318 g/mol. The Kier molecular flexibility index (Phi) is 4.63. The van der Waals surface area contributed by atoms with E-state index in [-0.39, 0.29) is 11.7 Å². The highest BCUT2D eigenvalue weighted by Crippen LogP contribution is 2.34. The van der Waals surface area contributed by atoms with Crippen LogP contribution in [0, 0.1) is 19.8 Å². The summed E-state index contributed by atoms with van der Waals surface area (Å²) < 4.78 is 0. The Labute approximate surface area is 128 Å². The number of Topliss-reactive ketones (excluding diaryl/α,β-unsaturated/α-hetero) is 1. The van der Waals surface area contributed by atoms with E-state index in [0.29, 0.717) is 18.0 Å². The lowest BCUT2D eigenvalue weighted by Crippen LogP contribution is -2.32. The number of hydrogen-bond donors (Lipinski definition) is 0. The second kappa shape index (κ2) is 6.08. The third kappa shape index (κ3) is 2.66. The number of carbonyl (C=O) groups excluding carboxylic acids is 2.